The number of hydrogen-bond donors (Lipinski definition) is 1. The molecule has 0 aliphatic carbocycles. The second-order valence-corrected chi connectivity index (χ2v) is 7.77. The quantitative estimate of drug-likeness (QED) is 0.727. The molecule has 1 N–H and O–H groups in total. The Morgan fingerprint density at radius 2 is 1.82 bits per heavy atom. The molecule has 2 aromatic carbocycles. The Morgan fingerprint density at radius 1 is 1.11 bits per heavy atom. The standard InChI is InChI=1S/C22H21N3O2S/c26-20-14-25(13-18(23-20)11-16-7-3-1-4-8-16)21(27)12-19-15-28-22(24-19)17-9-5-2-6-10-17/h1-10,15,18H,11-14H2,(H,23,26). The maximum atomic E-state index is 12.8. The Morgan fingerprint density at radius 3 is 2.57 bits per heavy atom. The van der Waals surface area contributed by atoms with Crippen molar-refractivity contribution in [3.05, 3.63) is 77.3 Å². The van der Waals surface area contributed by atoms with Gasteiger partial charge in [-0.2, -0.15) is 0 Å². The van der Waals surface area contributed by atoms with E-state index in [4.69, 9.17) is 0 Å². The predicted octanol–water partition coefficient (Wildman–Crippen LogP) is 2.92. The Kier molecular flexibility index (Phi) is 5.48. The molecular formula is C22H21N3O2S. The van der Waals surface area contributed by atoms with Gasteiger partial charge in [0.25, 0.3) is 0 Å². The highest BCUT2D eigenvalue weighted by molar-refractivity contribution is 7.13. The van der Waals surface area contributed by atoms with E-state index in [-0.39, 0.29) is 30.8 Å². The average molecular weight is 391 g/mol. The van der Waals surface area contributed by atoms with E-state index >= 15 is 0 Å². The van der Waals surface area contributed by atoms with E-state index < -0.39 is 0 Å². The lowest BCUT2D eigenvalue weighted by Crippen LogP contribution is -2.56. The molecule has 6 heteroatoms. The molecule has 0 saturated carbocycles. The lowest BCUT2D eigenvalue weighted by molar-refractivity contribution is -0.139. The van der Waals surface area contributed by atoms with Gasteiger partial charge in [-0.3, -0.25) is 9.59 Å². The van der Waals surface area contributed by atoms with Gasteiger partial charge in [0, 0.05) is 17.5 Å². The van der Waals surface area contributed by atoms with Crippen LogP contribution in [0.15, 0.2) is 66.0 Å². The number of benzene rings is 2. The maximum Gasteiger partial charge on any atom is 0.239 e. The molecule has 0 radical (unpaired) electrons. The summed E-state index contributed by atoms with van der Waals surface area (Å²) in [5, 5.41) is 5.82. The van der Waals surface area contributed by atoms with Crippen molar-refractivity contribution >= 4 is 23.2 Å². The fraction of sp³-hybridized carbons (Fsp3) is 0.227. The van der Waals surface area contributed by atoms with Gasteiger partial charge in [0.1, 0.15) is 5.01 Å². The average Bonchev–Trinajstić information content (AvgIpc) is 3.17. The molecule has 1 atom stereocenters. The number of nitrogens with zero attached hydrogens (tertiary/aromatic N) is 2. The van der Waals surface area contributed by atoms with Crippen LogP contribution in [0.2, 0.25) is 0 Å². The lowest BCUT2D eigenvalue weighted by atomic mass is 10.0. The third-order valence-electron chi connectivity index (χ3n) is 4.72. The number of rotatable bonds is 5. The van der Waals surface area contributed by atoms with Crippen LogP contribution < -0.4 is 5.32 Å². The number of piperazine rings is 1. The molecule has 5 nitrogen and oxygen atoms in total. The highest BCUT2D eigenvalue weighted by Crippen LogP contribution is 2.23. The van der Waals surface area contributed by atoms with E-state index in [2.05, 4.69) is 10.3 Å². The molecule has 142 valence electrons. The lowest BCUT2D eigenvalue weighted by Gasteiger charge is -2.33. The summed E-state index contributed by atoms with van der Waals surface area (Å²) < 4.78 is 0. The van der Waals surface area contributed by atoms with Crippen molar-refractivity contribution in [3.8, 4) is 10.6 Å². The second-order valence-electron chi connectivity index (χ2n) is 6.92. The molecule has 1 unspecified atom stereocenters. The first kappa shape index (κ1) is 18.4. The molecule has 28 heavy (non-hydrogen) atoms. The zero-order valence-corrected chi connectivity index (χ0v) is 16.2. The van der Waals surface area contributed by atoms with Crippen molar-refractivity contribution in [2.45, 2.75) is 18.9 Å². The van der Waals surface area contributed by atoms with Gasteiger partial charge in [0.2, 0.25) is 11.8 Å². The summed E-state index contributed by atoms with van der Waals surface area (Å²) in [6, 6.07) is 19.9. The number of carbonyl (C=O) groups excluding carboxylic acids is 2. The third-order valence-corrected chi connectivity index (χ3v) is 5.66. The summed E-state index contributed by atoms with van der Waals surface area (Å²) in [5.74, 6) is -0.165. The highest BCUT2D eigenvalue weighted by atomic mass is 32.1. The Hall–Kier alpha value is -2.99. The Labute approximate surface area is 168 Å². The van der Waals surface area contributed by atoms with E-state index in [0.717, 1.165) is 21.8 Å². The van der Waals surface area contributed by atoms with Crippen molar-refractivity contribution < 1.29 is 9.59 Å². The van der Waals surface area contributed by atoms with Crippen LogP contribution in [0.4, 0.5) is 0 Å². The first-order chi connectivity index (χ1) is 13.7. The molecule has 2 heterocycles. The summed E-state index contributed by atoms with van der Waals surface area (Å²) in [6.07, 6.45) is 0.930. The van der Waals surface area contributed by atoms with Crippen molar-refractivity contribution in [3.63, 3.8) is 0 Å². The SMILES string of the molecule is O=C1CN(C(=O)Cc2csc(-c3ccccc3)n2)CC(Cc2ccccc2)N1. The third kappa shape index (κ3) is 4.46. The van der Waals surface area contributed by atoms with Gasteiger partial charge >= 0.3 is 0 Å². The minimum absolute atomic E-state index is 0.0576. The van der Waals surface area contributed by atoms with Gasteiger partial charge in [-0.25, -0.2) is 4.98 Å². The van der Waals surface area contributed by atoms with Crippen molar-refractivity contribution in [2.24, 2.45) is 0 Å². The van der Waals surface area contributed by atoms with Crippen LogP contribution >= 0.6 is 11.3 Å². The Balaban J connectivity index is 1.40. The summed E-state index contributed by atoms with van der Waals surface area (Å²) >= 11 is 1.53. The Bertz CT molecular complexity index is 956. The summed E-state index contributed by atoms with van der Waals surface area (Å²) in [5.41, 5.74) is 2.94. The van der Waals surface area contributed by atoms with Crippen molar-refractivity contribution in [1.29, 1.82) is 0 Å². The van der Waals surface area contributed by atoms with Gasteiger partial charge in [-0.05, 0) is 12.0 Å². The minimum atomic E-state index is -0.108. The van der Waals surface area contributed by atoms with Crippen LogP contribution in [0.1, 0.15) is 11.3 Å². The molecule has 0 bridgehead atoms. The zero-order valence-electron chi connectivity index (χ0n) is 15.4. The first-order valence-corrected chi connectivity index (χ1v) is 10.2. The predicted molar refractivity (Wildman–Crippen MR) is 110 cm³/mol. The second kappa shape index (κ2) is 8.35. The van der Waals surface area contributed by atoms with Gasteiger partial charge in [0.05, 0.1) is 24.7 Å². The minimum Gasteiger partial charge on any atom is -0.350 e. The molecule has 4 rings (SSSR count). The van der Waals surface area contributed by atoms with Gasteiger partial charge in [-0.15, -0.1) is 11.3 Å². The van der Waals surface area contributed by atoms with E-state index in [1.165, 1.54) is 11.3 Å². The van der Waals surface area contributed by atoms with E-state index in [1.54, 1.807) is 4.90 Å². The monoisotopic (exact) mass is 391 g/mol. The number of thiazole rings is 1. The van der Waals surface area contributed by atoms with E-state index in [1.807, 2.05) is 66.0 Å². The van der Waals surface area contributed by atoms with E-state index in [9.17, 15) is 9.59 Å². The summed E-state index contributed by atoms with van der Waals surface area (Å²) in [7, 11) is 0. The van der Waals surface area contributed by atoms with Crippen LogP contribution in [0.25, 0.3) is 10.6 Å². The normalized spacial score (nSPS) is 16.6. The van der Waals surface area contributed by atoms with Gasteiger partial charge < -0.3 is 10.2 Å². The smallest absolute Gasteiger partial charge is 0.239 e. The van der Waals surface area contributed by atoms with Gasteiger partial charge in [0.15, 0.2) is 0 Å². The van der Waals surface area contributed by atoms with Gasteiger partial charge in [-0.1, -0.05) is 60.7 Å². The van der Waals surface area contributed by atoms with Crippen LogP contribution in [-0.4, -0.2) is 40.8 Å². The highest BCUT2D eigenvalue weighted by Gasteiger charge is 2.28. The molecule has 1 aliphatic rings. The molecule has 1 aliphatic heterocycles. The fourth-order valence-electron chi connectivity index (χ4n) is 3.40. The fourth-order valence-corrected chi connectivity index (χ4v) is 4.22. The number of carbonyl (C=O) groups is 2. The zero-order chi connectivity index (χ0) is 19.3. The molecule has 0 spiro atoms. The molecule has 1 fully saturated rings. The first-order valence-electron chi connectivity index (χ1n) is 9.28. The molecule has 2 amide bonds. The molecular weight excluding hydrogens is 370 g/mol. The number of hydrogen-bond acceptors (Lipinski definition) is 4. The van der Waals surface area contributed by atoms with Crippen LogP contribution in [0.5, 0.6) is 0 Å². The van der Waals surface area contributed by atoms with E-state index in [0.29, 0.717) is 13.0 Å². The van der Waals surface area contributed by atoms with Crippen molar-refractivity contribution in [1.82, 2.24) is 15.2 Å². The van der Waals surface area contributed by atoms with Crippen LogP contribution in [0.3, 0.4) is 0 Å². The maximum absolute atomic E-state index is 12.8. The van der Waals surface area contributed by atoms with Crippen molar-refractivity contribution in [2.75, 3.05) is 13.1 Å². The molecule has 1 aromatic heterocycles. The van der Waals surface area contributed by atoms with Crippen LogP contribution in [-0.2, 0) is 22.4 Å². The number of aromatic nitrogens is 1. The van der Waals surface area contributed by atoms with Crippen LogP contribution in [0, 0.1) is 0 Å². The largest absolute Gasteiger partial charge is 0.350 e. The number of nitrogens with one attached hydrogen (secondary N) is 1. The topological polar surface area (TPSA) is 62.3 Å². The summed E-state index contributed by atoms with van der Waals surface area (Å²) in [4.78, 5) is 31.1. The molecule has 1 saturated heterocycles. The number of amides is 2. The summed E-state index contributed by atoms with van der Waals surface area (Å²) in [6.45, 7) is 0.634. The molecule has 3 aromatic rings.